The van der Waals surface area contributed by atoms with Crippen LogP contribution in [0, 0.1) is 0 Å². The Labute approximate surface area is 225 Å². The first-order valence-corrected chi connectivity index (χ1v) is 13.3. The van der Waals surface area contributed by atoms with Gasteiger partial charge in [0.25, 0.3) is 0 Å². The van der Waals surface area contributed by atoms with Crippen LogP contribution in [-0.4, -0.2) is 49.4 Å². The number of hydrogen-bond acceptors (Lipinski definition) is 5. The third-order valence-electron chi connectivity index (χ3n) is 6.76. The molecular formula is C33H36N2O3. The van der Waals surface area contributed by atoms with Crippen molar-refractivity contribution in [2.24, 2.45) is 4.99 Å². The van der Waals surface area contributed by atoms with Gasteiger partial charge >= 0.3 is 5.97 Å². The molecule has 3 aromatic carbocycles. The largest absolute Gasteiger partial charge is 0.494 e. The molecule has 5 heteroatoms. The van der Waals surface area contributed by atoms with Gasteiger partial charge in [-0.3, -0.25) is 4.99 Å². The SMILES string of the molecule is CN(C)CCCOc1ccc2c(c1)CC(c1ccc(C3=Nc4ccc(C(=O)OC(C)(C)C)cc4C3)cc1)=C2. The smallest absolute Gasteiger partial charge is 0.338 e. The molecule has 5 rings (SSSR count). The lowest BCUT2D eigenvalue weighted by molar-refractivity contribution is 0.00694. The summed E-state index contributed by atoms with van der Waals surface area (Å²) >= 11 is 0. The molecule has 38 heavy (non-hydrogen) atoms. The van der Waals surface area contributed by atoms with Gasteiger partial charge in [0.1, 0.15) is 11.4 Å². The highest BCUT2D eigenvalue weighted by Crippen LogP contribution is 2.35. The summed E-state index contributed by atoms with van der Waals surface area (Å²) in [6.45, 7) is 7.39. The number of benzene rings is 3. The highest BCUT2D eigenvalue weighted by atomic mass is 16.6. The van der Waals surface area contributed by atoms with E-state index < -0.39 is 5.60 Å². The predicted octanol–water partition coefficient (Wildman–Crippen LogP) is 6.75. The summed E-state index contributed by atoms with van der Waals surface area (Å²) in [6.07, 6.45) is 4.91. The van der Waals surface area contributed by atoms with E-state index in [9.17, 15) is 4.79 Å². The fraction of sp³-hybridized carbons (Fsp3) is 0.333. The normalized spacial score (nSPS) is 14.2. The van der Waals surface area contributed by atoms with Crippen LogP contribution >= 0.6 is 0 Å². The summed E-state index contributed by atoms with van der Waals surface area (Å²) in [6, 6.07) is 20.7. The Morgan fingerprint density at radius 3 is 2.42 bits per heavy atom. The summed E-state index contributed by atoms with van der Waals surface area (Å²) in [4.78, 5) is 19.5. The number of rotatable bonds is 8. The number of fused-ring (bicyclic) bond motifs is 2. The van der Waals surface area contributed by atoms with Gasteiger partial charge in [-0.15, -0.1) is 0 Å². The van der Waals surface area contributed by atoms with Crippen molar-refractivity contribution in [1.82, 2.24) is 4.90 Å². The van der Waals surface area contributed by atoms with Crippen molar-refractivity contribution in [1.29, 1.82) is 0 Å². The fourth-order valence-electron chi connectivity index (χ4n) is 4.87. The topological polar surface area (TPSA) is 51.1 Å². The zero-order chi connectivity index (χ0) is 26.9. The standard InChI is InChI=1S/C33H36N2O3/c1-33(2,3)38-32(36)25-12-14-30-28(18-25)21-31(34-30)23-9-7-22(8-10-23)26-17-24-11-13-29(20-27(24)19-26)37-16-6-15-35(4)5/h7-14,17-18,20H,6,15-16,19,21H2,1-5H3. The number of hydrogen-bond donors (Lipinski definition) is 0. The molecule has 0 bridgehead atoms. The lowest BCUT2D eigenvalue weighted by Crippen LogP contribution is -2.23. The molecule has 0 amide bonds. The molecule has 1 aliphatic carbocycles. The number of aliphatic imine (C=N–C) groups is 1. The Balaban J connectivity index is 1.22. The van der Waals surface area contributed by atoms with Gasteiger partial charge in [0, 0.05) is 13.0 Å². The highest BCUT2D eigenvalue weighted by molar-refractivity contribution is 6.07. The molecule has 0 fully saturated rings. The molecule has 0 atom stereocenters. The number of allylic oxidation sites excluding steroid dienone is 1. The zero-order valence-electron chi connectivity index (χ0n) is 23.0. The number of esters is 1. The van der Waals surface area contributed by atoms with Crippen LogP contribution in [0.4, 0.5) is 5.69 Å². The van der Waals surface area contributed by atoms with E-state index >= 15 is 0 Å². The first-order valence-electron chi connectivity index (χ1n) is 13.3. The minimum Gasteiger partial charge on any atom is -0.494 e. The summed E-state index contributed by atoms with van der Waals surface area (Å²) < 4.78 is 11.5. The van der Waals surface area contributed by atoms with Gasteiger partial charge in [0.2, 0.25) is 0 Å². The molecule has 0 saturated heterocycles. The number of nitrogens with zero attached hydrogens (tertiary/aromatic N) is 2. The van der Waals surface area contributed by atoms with Crippen molar-refractivity contribution in [2.75, 3.05) is 27.2 Å². The summed E-state index contributed by atoms with van der Waals surface area (Å²) in [5.74, 6) is 0.646. The Morgan fingerprint density at radius 1 is 0.921 bits per heavy atom. The molecule has 2 aliphatic rings. The van der Waals surface area contributed by atoms with E-state index in [-0.39, 0.29) is 5.97 Å². The number of carbonyl (C=O) groups is 1. The highest BCUT2D eigenvalue weighted by Gasteiger charge is 2.22. The third kappa shape index (κ3) is 6.05. The van der Waals surface area contributed by atoms with Crippen molar-refractivity contribution in [3.63, 3.8) is 0 Å². The van der Waals surface area contributed by atoms with Crippen LogP contribution < -0.4 is 4.74 Å². The van der Waals surface area contributed by atoms with Crippen LogP contribution in [0.5, 0.6) is 5.75 Å². The van der Waals surface area contributed by atoms with Gasteiger partial charge in [0.05, 0.1) is 23.6 Å². The van der Waals surface area contributed by atoms with Gasteiger partial charge in [-0.1, -0.05) is 36.4 Å². The van der Waals surface area contributed by atoms with Gasteiger partial charge in [-0.25, -0.2) is 4.79 Å². The molecule has 1 aliphatic heterocycles. The van der Waals surface area contributed by atoms with E-state index in [1.165, 1.54) is 22.3 Å². The van der Waals surface area contributed by atoms with Crippen molar-refractivity contribution in [3.05, 3.63) is 94.0 Å². The second-order valence-corrected chi connectivity index (χ2v) is 11.4. The molecule has 1 heterocycles. The second-order valence-electron chi connectivity index (χ2n) is 11.4. The third-order valence-corrected chi connectivity index (χ3v) is 6.76. The molecule has 0 N–H and O–H groups in total. The molecule has 0 saturated carbocycles. The monoisotopic (exact) mass is 508 g/mol. The van der Waals surface area contributed by atoms with Gasteiger partial charge in [0.15, 0.2) is 0 Å². The molecule has 0 spiro atoms. The Morgan fingerprint density at radius 2 is 1.68 bits per heavy atom. The maximum atomic E-state index is 12.5. The van der Waals surface area contributed by atoms with Crippen molar-refractivity contribution < 1.29 is 14.3 Å². The van der Waals surface area contributed by atoms with Crippen LogP contribution in [0.1, 0.15) is 65.4 Å². The molecule has 0 unspecified atom stereocenters. The molecular weight excluding hydrogens is 472 g/mol. The minimum absolute atomic E-state index is 0.299. The van der Waals surface area contributed by atoms with Crippen molar-refractivity contribution in [3.8, 4) is 5.75 Å². The van der Waals surface area contributed by atoms with E-state index in [2.05, 4.69) is 67.5 Å². The summed E-state index contributed by atoms with van der Waals surface area (Å²) in [7, 11) is 4.16. The maximum absolute atomic E-state index is 12.5. The van der Waals surface area contributed by atoms with Crippen LogP contribution in [0.3, 0.4) is 0 Å². The van der Waals surface area contributed by atoms with E-state index in [1.807, 2.05) is 32.9 Å². The molecule has 3 aromatic rings. The van der Waals surface area contributed by atoms with Crippen molar-refractivity contribution >= 4 is 29.0 Å². The Kier molecular flexibility index (Phi) is 7.22. The van der Waals surface area contributed by atoms with Gasteiger partial charge in [-0.2, -0.15) is 0 Å². The van der Waals surface area contributed by atoms with E-state index in [0.29, 0.717) is 12.0 Å². The first-order chi connectivity index (χ1) is 18.1. The van der Waals surface area contributed by atoms with Gasteiger partial charge in [-0.05, 0) is 111 Å². The van der Waals surface area contributed by atoms with Gasteiger partial charge < -0.3 is 14.4 Å². The number of carbonyl (C=O) groups excluding carboxylic acids is 1. The average molecular weight is 509 g/mol. The van der Waals surface area contributed by atoms with Crippen LogP contribution in [0.25, 0.3) is 11.6 Å². The molecule has 0 aromatic heterocycles. The first kappa shape index (κ1) is 25.9. The van der Waals surface area contributed by atoms with Crippen molar-refractivity contribution in [2.45, 2.75) is 45.6 Å². The lowest BCUT2D eigenvalue weighted by atomic mass is 9.98. The number of ether oxygens (including phenoxy) is 2. The van der Waals surface area contributed by atoms with E-state index in [0.717, 1.165) is 54.3 Å². The molecule has 0 radical (unpaired) electrons. The summed E-state index contributed by atoms with van der Waals surface area (Å²) in [5.41, 5.74) is 9.27. The minimum atomic E-state index is -0.516. The second kappa shape index (κ2) is 10.6. The Hall–Kier alpha value is -3.70. The average Bonchev–Trinajstić information content (AvgIpc) is 3.49. The molecule has 196 valence electrons. The van der Waals surface area contributed by atoms with Crippen LogP contribution in [0.2, 0.25) is 0 Å². The maximum Gasteiger partial charge on any atom is 0.338 e. The van der Waals surface area contributed by atoms with E-state index in [4.69, 9.17) is 14.5 Å². The molecule has 5 nitrogen and oxygen atoms in total. The predicted molar refractivity (Wildman–Crippen MR) is 155 cm³/mol. The quantitative estimate of drug-likeness (QED) is 0.250. The van der Waals surface area contributed by atoms with Crippen LogP contribution in [0.15, 0.2) is 65.7 Å². The summed E-state index contributed by atoms with van der Waals surface area (Å²) in [5, 5.41) is 0. The van der Waals surface area contributed by atoms with Crippen LogP contribution in [-0.2, 0) is 17.6 Å². The Bertz CT molecular complexity index is 1410. The fourth-order valence-corrected chi connectivity index (χ4v) is 4.87. The lowest BCUT2D eigenvalue weighted by Gasteiger charge is -2.19. The van der Waals surface area contributed by atoms with E-state index in [1.54, 1.807) is 6.07 Å². The zero-order valence-corrected chi connectivity index (χ0v) is 23.0.